The summed E-state index contributed by atoms with van der Waals surface area (Å²) in [6.45, 7) is -0.812. The predicted molar refractivity (Wildman–Crippen MR) is 88.6 cm³/mol. The number of benzene rings is 2. The van der Waals surface area contributed by atoms with Crippen LogP contribution in [0.15, 0.2) is 36.5 Å². The topological polar surface area (TPSA) is 90.1 Å². The number of nitrogens with zero attached hydrogens (tertiary/aromatic N) is 3. The lowest BCUT2D eigenvalue weighted by Gasteiger charge is -2.08. The van der Waals surface area contributed by atoms with Gasteiger partial charge in [0.1, 0.15) is 5.56 Å². The molecular formula is C17H9F5N4O3. The van der Waals surface area contributed by atoms with Gasteiger partial charge in [-0.25, -0.2) is 22.0 Å². The molecule has 0 radical (unpaired) electrons. The first-order valence-corrected chi connectivity index (χ1v) is 7.79. The van der Waals surface area contributed by atoms with Crippen LogP contribution in [0.4, 0.5) is 33.5 Å². The average molecular weight is 412 g/mol. The van der Waals surface area contributed by atoms with Crippen molar-refractivity contribution in [2.45, 2.75) is 6.54 Å². The van der Waals surface area contributed by atoms with E-state index in [0.29, 0.717) is 0 Å². The molecule has 12 heteroatoms. The number of nitro groups is 1. The molecule has 0 fully saturated rings. The Hall–Kier alpha value is -3.83. The second kappa shape index (κ2) is 7.66. The molecule has 1 N–H and O–H groups in total. The molecule has 0 aliphatic rings. The Morgan fingerprint density at radius 2 is 1.59 bits per heavy atom. The minimum Gasteiger partial charge on any atom is -0.305 e. The fraction of sp³-hybridized carbons (Fsp3) is 0.0588. The number of nitro benzene ring substituents is 1. The van der Waals surface area contributed by atoms with Crippen LogP contribution in [0.25, 0.3) is 0 Å². The van der Waals surface area contributed by atoms with E-state index in [-0.39, 0.29) is 11.4 Å². The van der Waals surface area contributed by atoms with Gasteiger partial charge in [-0.05, 0) is 6.07 Å². The lowest BCUT2D eigenvalue weighted by atomic mass is 10.1. The third kappa shape index (κ3) is 3.77. The van der Waals surface area contributed by atoms with E-state index in [1.165, 1.54) is 24.3 Å². The molecule has 0 unspecified atom stereocenters. The van der Waals surface area contributed by atoms with Gasteiger partial charge in [0.2, 0.25) is 5.82 Å². The zero-order valence-electron chi connectivity index (χ0n) is 14.1. The van der Waals surface area contributed by atoms with Crippen LogP contribution in [0, 0.1) is 39.2 Å². The minimum absolute atomic E-state index is 0.156. The van der Waals surface area contributed by atoms with Crippen molar-refractivity contribution in [3.05, 3.63) is 86.9 Å². The first-order valence-electron chi connectivity index (χ1n) is 7.79. The van der Waals surface area contributed by atoms with Crippen LogP contribution in [-0.4, -0.2) is 20.6 Å². The van der Waals surface area contributed by atoms with Crippen molar-refractivity contribution in [1.29, 1.82) is 0 Å². The van der Waals surface area contributed by atoms with Gasteiger partial charge in [-0.2, -0.15) is 5.10 Å². The van der Waals surface area contributed by atoms with Crippen LogP contribution < -0.4 is 5.32 Å². The molecule has 150 valence electrons. The molecule has 0 saturated carbocycles. The number of nitrogens with one attached hydrogen (secondary N) is 1. The maximum absolute atomic E-state index is 13.8. The quantitative estimate of drug-likeness (QED) is 0.227. The van der Waals surface area contributed by atoms with Crippen molar-refractivity contribution in [1.82, 2.24) is 9.78 Å². The molecule has 0 aliphatic carbocycles. The second-order valence-electron chi connectivity index (χ2n) is 5.68. The summed E-state index contributed by atoms with van der Waals surface area (Å²) in [5.74, 6) is -11.5. The number of amides is 1. The Balaban J connectivity index is 1.83. The second-order valence-corrected chi connectivity index (χ2v) is 5.68. The van der Waals surface area contributed by atoms with Crippen LogP contribution in [-0.2, 0) is 6.54 Å². The largest absolute Gasteiger partial charge is 0.305 e. The highest BCUT2D eigenvalue weighted by Gasteiger charge is 2.26. The van der Waals surface area contributed by atoms with Crippen LogP contribution in [0.3, 0.4) is 0 Å². The van der Waals surface area contributed by atoms with E-state index < -0.39 is 57.7 Å². The van der Waals surface area contributed by atoms with Crippen LogP contribution in [0.2, 0.25) is 0 Å². The number of hydrogen-bond acceptors (Lipinski definition) is 4. The van der Waals surface area contributed by atoms with Gasteiger partial charge in [-0.1, -0.05) is 12.1 Å². The molecular weight excluding hydrogens is 403 g/mol. The predicted octanol–water partition coefficient (Wildman–Crippen LogP) is 3.79. The van der Waals surface area contributed by atoms with Gasteiger partial charge in [0, 0.05) is 18.3 Å². The number of carbonyl (C=O) groups excluding carboxylic acids is 1. The SMILES string of the molecule is O=C(Nc1ccn(Cc2c(F)c(F)c(F)c(F)c2F)n1)c1ccccc1[N+](=O)[O-]. The third-order valence-corrected chi connectivity index (χ3v) is 3.85. The molecule has 1 amide bonds. The Kier molecular flexibility index (Phi) is 5.26. The Bertz CT molecular complexity index is 1100. The molecule has 0 bridgehead atoms. The van der Waals surface area contributed by atoms with Crippen molar-refractivity contribution in [2.75, 3.05) is 5.32 Å². The highest BCUT2D eigenvalue weighted by atomic mass is 19.2. The van der Waals surface area contributed by atoms with Crippen LogP contribution in [0.1, 0.15) is 15.9 Å². The maximum atomic E-state index is 13.8. The lowest BCUT2D eigenvalue weighted by Crippen LogP contribution is -2.15. The standard InChI is InChI=1S/C17H9F5N4O3/c18-12-9(13(19)15(21)16(22)14(12)20)7-25-6-5-11(24-25)23-17(27)8-3-1-2-4-10(8)26(28)29/h1-6H,7H2,(H,23,24,27). The highest BCUT2D eigenvalue weighted by molar-refractivity contribution is 6.06. The molecule has 0 aliphatic heterocycles. The monoisotopic (exact) mass is 412 g/mol. The van der Waals surface area contributed by atoms with Crippen molar-refractivity contribution < 1.29 is 31.7 Å². The normalized spacial score (nSPS) is 10.8. The molecule has 3 rings (SSSR count). The molecule has 1 heterocycles. The molecule has 7 nitrogen and oxygen atoms in total. The fourth-order valence-electron chi connectivity index (χ4n) is 2.48. The summed E-state index contributed by atoms with van der Waals surface area (Å²) < 4.78 is 68.0. The summed E-state index contributed by atoms with van der Waals surface area (Å²) in [5, 5.41) is 17.0. The van der Waals surface area contributed by atoms with Gasteiger partial charge in [0.05, 0.1) is 17.0 Å². The number of hydrogen-bond donors (Lipinski definition) is 1. The molecule has 3 aromatic rings. The number of halogens is 5. The molecule has 1 aromatic heterocycles. The smallest absolute Gasteiger partial charge is 0.282 e. The zero-order chi connectivity index (χ0) is 21.3. The van der Waals surface area contributed by atoms with Gasteiger partial charge in [-0.15, -0.1) is 0 Å². The van der Waals surface area contributed by atoms with Crippen LogP contribution >= 0.6 is 0 Å². The minimum atomic E-state index is -2.28. The van der Waals surface area contributed by atoms with E-state index in [2.05, 4.69) is 10.4 Å². The van der Waals surface area contributed by atoms with E-state index in [1.807, 2.05) is 0 Å². The van der Waals surface area contributed by atoms with Gasteiger partial charge in [0.15, 0.2) is 29.1 Å². The zero-order valence-corrected chi connectivity index (χ0v) is 14.1. The van der Waals surface area contributed by atoms with E-state index in [4.69, 9.17) is 0 Å². The molecule has 0 atom stereocenters. The van der Waals surface area contributed by atoms with Gasteiger partial charge in [0.25, 0.3) is 11.6 Å². The first-order chi connectivity index (χ1) is 13.7. The average Bonchev–Trinajstić information content (AvgIpc) is 3.15. The van der Waals surface area contributed by atoms with Gasteiger partial charge in [-0.3, -0.25) is 19.6 Å². The van der Waals surface area contributed by atoms with E-state index in [1.54, 1.807) is 0 Å². The third-order valence-electron chi connectivity index (χ3n) is 3.85. The summed E-state index contributed by atoms with van der Waals surface area (Å²) in [6.07, 6.45) is 1.12. The van der Waals surface area contributed by atoms with Crippen molar-refractivity contribution in [2.24, 2.45) is 0 Å². The first kappa shape index (κ1) is 19.9. The Morgan fingerprint density at radius 1 is 1.00 bits per heavy atom. The number of aromatic nitrogens is 2. The fourth-order valence-corrected chi connectivity index (χ4v) is 2.48. The molecule has 2 aromatic carbocycles. The van der Waals surface area contributed by atoms with Gasteiger partial charge >= 0.3 is 0 Å². The Labute approximate surface area is 158 Å². The summed E-state index contributed by atoms with van der Waals surface area (Å²) in [6, 6.07) is 6.28. The van der Waals surface area contributed by atoms with E-state index in [9.17, 15) is 36.9 Å². The van der Waals surface area contributed by atoms with Crippen LogP contribution in [0.5, 0.6) is 0 Å². The van der Waals surface area contributed by atoms with Crippen molar-refractivity contribution >= 4 is 17.4 Å². The summed E-state index contributed by atoms with van der Waals surface area (Å²) >= 11 is 0. The van der Waals surface area contributed by atoms with Gasteiger partial charge < -0.3 is 5.32 Å². The van der Waals surface area contributed by atoms with E-state index >= 15 is 0 Å². The summed E-state index contributed by atoms with van der Waals surface area (Å²) in [4.78, 5) is 22.4. The maximum Gasteiger partial charge on any atom is 0.282 e. The number of anilines is 1. The molecule has 29 heavy (non-hydrogen) atoms. The Morgan fingerprint density at radius 3 is 2.21 bits per heavy atom. The number of rotatable bonds is 5. The van der Waals surface area contributed by atoms with Crippen molar-refractivity contribution in [3.63, 3.8) is 0 Å². The summed E-state index contributed by atoms with van der Waals surface area (Å²) in [5.41, 5.74) is -1.82. The summed E-state index contributed by atoms with van der Waals surface area (Å²) in [7, 11) is 0. The highest BCUT2D eigenvalue weighted by Crippen LogP contribution is 2.24. The lowest BCUT2D eigenvalue weighted by molar-refractivity contribution is -0.385. The number of carbonyl (C=O) groups is 1. The van der Waals surface area contributed by atoms with Crippen molar-refractivity contribution in [3.8, 4) is 0 Å². The number of para-hydroxylation sites is 1. The van der Waals surface area contributed by atoms with E-state index in [0.717, 1.165) is 16.9 Å². The molecule has 0 spiro atoms. The molecule has 0 saturated heterocycles.